The van der Waals surface area contributed by atoms with Gasteiger partial charge in [0.15, 0.2) is 6.10 Å². The van der Waals surface area contributed by atoms with Gasteiger partial charge in [0.25, 0.3) is 5.91 Å². The van der Waals surface area contributed by atoms with Crippen molar-refractivity contribution >= 4 is 11.8 Å². The van der Waals surface area contributed by atoms with Gasteiger partial charge in [-0.05, 0) is 32.3 Å². The third-order valence-corrected chi connectivity index (χ3v) is 6.97. The van der Waals surface area contributed by atoms with Crippen molar-refractivity contribution in [3.05, 3.63) is 35.9 Å². The Labute approximate surface area is 192 Å². The first-order valence-electron chi connectivity index (χ1n) is 12.3. The van der Waals surface area contributed by atoms with E-state index in [1.165, 1.54) is 31.2 Å². The van der Waals surface area contributed by atoms with Gasteiger partial charge >= 0.3 is 0 Å². The van der Waals surface area contributed by atoms with Gasteiger partial charge in [-0.3, -0.25) is 19.4 Å². The van der Waals surface area contributed by atoms with Gasteiger partial charge in [0.2, 0.25) is 5.91 Å². The molecule has 1 aromatic carbocycles. The van der Waals surface area contributed by atoms with Crippen molar-refractivity contribution in [2.45, 2.75) is 63.8 Å². The van der Waals surface area contributed by atoms with Crippen LogP contribution in [-0.2, 0) is 14.3 Å². The van der Waals surface area contributed by atoms with Gasteiger partial charge in [0, 0.05) is 44.8 Å². The lowest BCUT2D eigenvalue weighted by Crippen LogP contribution is -2.58. The summed E-state index contributed by atoms with van der Waals surface area (Å²) in [5.74, 6) is 0.138. The molecule has 7 nitrogen and oxygen atoms in total. The molecule has 3 aliphatic rings. The van der Waals surface area contributed by atoms with Gasteiger partial charge < -0.3 is 15.0 Å². The molecule has 1 aromatic rings. The maximum absolute atomic E-state index is 13.6. The zero-order chi connectivity index (χ0) is 22.5. The first-order valence-corrected chi connectivity index (χ1v) is 12.3. The highest BCUT2D eigenvalue weighted by atomic mass is 16.5. The minimum Gasteiger partial charge on any atom is -0.365 e. The van der Waals surface area contributed by atoms with Gasteiger partial charge in [0.05, 0.1) is 19.2 Å². The van der Waals surface area contributed by atoms with Crippen LogP contribution in [0.5, 0.6) is 0 Å². The van der Waals surface area contributed by atoms with Crippen LogP contribution in [0, 0.1) is 0 Å². The molecule has 32 heavy (non-hydrogen) atoms. The van der Waals surface area contributed by atoms with Crippen molar-refractivity contribution in [3.8, 4) is 0 Å². The summed E-state index contributed by atoms with van der Waals surface area (Å²) >= 11 is 0. The number of nitrogens with one attached hydrogen (secondary N) is 1. The number of piperazine rings is 1. The number of hydrogen-bond acceptors (Lipinski definition) is 5. The van der Waals surface area contributed by atoms with Crippen LogP contribution in [-0.4, -0.2) is 90.6 Å². The minimum absolute atomic E-state index is 0.0320. The van der Waals surface area contributed by atoms with Crippen molar-refractivity contribution in [2.24, 2.45) is 0 Å². The molecular formula is C25H38N4O3. The van der Waals surface area contributed by atoms with E-state index in [0.29, 0.717) is 45.4 Å². The lowest BCUT2D eigenvalue weighted by atomic mass is 9.94. The Hall–Kier alpha value is -1.96. The van der Waals surface area contributed by atoms with E-state index in [4.69, 9.17) is 4.74 Å². The lowest BCUT2D eigenvalue weighted by Gasteiger charge is -2.46. The minimum atomic E-state index is -0.470. The van der Waals surface area contributed by atoms with Gasteiger partial charge in [-0.1, -0.05) is 43.2 Å². The fourth-order valence-electron chi connectivity index (χ4n) is 5.43. The number of morpholine rings is 1. The van der Waals surface area contributed by atoms with E-state index in [1.54, 1.807) is 0 Å². The molecule has 0 bridgehead atoms. The average Bonchev–Trinajstić information content (AvgIpc) is 3.33. The van der Waals surface area contributed by atoms with E-state index < -0.39 is 6.10 Å². The molecule has 0 spiro atoms. The van der Waals surface area contributed by atoms with Crippen molar-refractivity contribution in [2.75, 3.05) is 45.9 Å². The third-order valence-electron chi connectivity index (χ3n) is 6.97. The first-order chi connectivity index (χ1) is 15.5. The fraction of sp³-hybridized carbons (Fsp3) is 0.680. The van der Waals surface area contributed by atoms with Crippen LogP contribution >= 0.6 is 0 Å². The summed E-state index contributed by atoms with van der Waals surface area (Å²) in [4.78, 5) is 32.3. The summed E-state index contributed by atoms with van der Waals surface area (Å²) in [6.45, 7) is 8.52. The molecule has 0 aromatic heterocycles. The van der Waals surface area contributed by atoms with E-state index in [9.17, 15) is 9.59 Å². The van der Waals surface area contributed by atoms with E-state index in [-0.39, 0.29) is 23.9 Å². The third kappa shape index (κ3) is 5.50. The zero-order valence-corrected chi connectivity index (χ0v) is 19.5. The Morgan fingerprint density at radius 1 is 1.03 bits per heavy atom. The Balaban J connectivity index is 1.43. The molecule has 1 aliphatic carbocycles. The molecule has 3 fully saturated rings. The van der Waals surface area contributed by atoms with Crippen LogP contribution in [0.15, 0.2) is 30.3 Å². The molecular weight excluding hydrogens is 404 g/mol. The molecule has 2 unspecified atom stereocenters. The number of carbonyl (C=O) groups is 2. The molecule has 4 rings (SSSR count). The molecule has 2 heterocycles. The van der Waals surface area contributed by atoms with Crippen molar-refractivity contribution in [3.63, 3.8) is 0 Å². The second-order valence-corrected chi connectivity index (χ2v) is 9.65. The molecule has 1 saturated carbocycles. The number of amides is 2. The largest absolute Gasteiger partial charge is 0.365 e. The van der Waals surface area contributed by atoms with E-state index in [0.717, 1.165) is 6.54 Å². The average molecular weight is 443 g/mol. The molecule has 176 valence electrons. The number of benzene rings is 1. The quantitative estimate of drug-likeness (QED) is 0.731. The molecule has 2 saturated heterocycles. The molecule has 2 atom stereocenters. The van der Waals surface area contributed by atoms with Crippen LogP contribution in [0.2, 0.25) is 0 Å². The number of nitrogens with zero attached hydrogens (tertiary/aromatic N) is 3. The van der Waals surface area contributed by atoms with Crippen LogP contribution in [0.25, 0.3) is 0 Å². The van der Waals surface area contributed by atoms with E-state index >= 15 is 0 Å². The normalized spacial score (nSPS) is 25.9. The predicted molar refractivity (Wildman–Crippen MR) is 124 cm³/mol. The van der Waals surface area contributed by atoms with Crippen molar-refractivity contribution in [1.82, 2.24) is 20.0 Å². The Bertz CT molecular complexity index is 758. The van der Waals surface area contributed by atoms with Crippen LogP contribution in [0.4, 0.5) is 0 Å². The SMILES string of the molecule is CC(C)NC(=O)CN1CCN(C(=O)C2OCCN(C3CCCC3)C2c2ccccc2)CC1. The van der Waals surface area contributed by atoms with E-state index in [2.05, 4.69) is 39.4 Å². The first kappa shape index (κ1) is 23.2. The topological polar surface area (TPSA) is 65.1 Å². The maximum Gasteiger partial charge on any atom is 0.253 e. The molecule has 2 aliphatic heterocycles. The second-order valence-electron chi connectivity index (χ2n) is 9.65. The second kappa shape index (κ2) is 10.8. The Morgan fingerprint density at radius 2 is 1.72 bits per heavy atom. The highest BCUT2D eigenvalue weighted by Gasteiger charge is 2.43. The monoisotopic (exact) mass is 442 g/mol. The molecule has 0 radical (unpaired) electrons. The number of rotatable bonds is 6. The molecule has 2 amide bonds. The Morgan fingerprint density at radius 3 is 2.38 bits per heavy atom. The zero-order valence-electron chi connectivity index (χ0n) is 19.5. The van der Waals surface area contributed by atoms with Gasteiger partial charge in [0.1, 0.15) is 0 Å². The number of hydrogen-bond donors (Lipinski definition) is 1. The summed E-state index contributed by atoms with van der Waals surface area (Å²) in [6.07, 6.45) is 4.49. The number of carbonyl (C=O) groups excluding carboxylic acids is 2. The lowest BCUT2D eigenvalue weighted by molar-refractivity contribution is -0.160. The fourth-order valence-corrected chi connectivity index (χ4v) is 5.43. The van der Waals surface area contributed by atoms with E-state index in [1.807, 2.05) is 24.8 Å². The summed E-state index contributed by atoms with van der Waals surface area (Å²) in [6, 6.07) is 11.1. The predicted octanol–water partition coefficient (Wildman–Crippen LogP) is 2.04. The smallest absolute Gasteiger partial charge is 0.253 e. The summed E-state index contributed by atoms with van der Waals surface area (Å²) < 4.78 is 6.17. The summed E-state index contributed by atoms with van der Waals surface area (Å²) in [5, 5.41) is 2.94. The molecule has 7 heteroatoms. The summed E-state index contributed by atoms with van der Waals surface area (Å²) in [7, 11) is 0. The van der Waals surface area contributed by atoms with Gasteiger partial charge in [-0.25, -0.2) is 0 Å². The number of ether oxygens (including phenoxy) is 1. The van der Waals surface area contributed by atoms with Gasteiger partial charge in [-0.15, -0.1) is 0 Å². The van der Waals surface area contributed by atoms with Crippen LogP contribution in [0.1, 0.15) is 51.1 Å². The van der Waals surface area contributed by atoms with Crippen LogP contribution < -0.4 is 5.32 Å². The molecule has 1 N–H and O–H groups in total. The highest BCUT2D eigenvalue weighted by Crippen LogP contribution is 2.37. The van der Waals surface area contributed by atoms with Crippen molar-refractivity contribution in [1.29, 1.82) is 0 Å². The Kier molecular flexibility index (Phi) is 7.81. The summed E-state index contributed by atoms with van der Waals surface area (Å²) in [5.41, 5.74) is 1.17. The van der Waals surface area contributed by atoms with Crippen LogP contribution in [0.3, 0.4) is 0 Å². The highest BCUT2D eigenvalue weighted by molar-refractivity contribution is 5.82. The standard InChI is InChI=1S/C25H38N4O3/c1-19(2)26-22(30)18-27-12-14-28(15-13-27)25(31)24-23(20-8-4-3-5-9-20)29(16-17-32-24)21-10-6-7-11-21/h3-5,8-9,19,21,23-24H,6-7,10-18H2,1-2H3,(H,26,30). The van der Waals surface area contributed by atoms with Gasteiger partial charge in [-0.2, -0.15) is 0 Å². The van der Waals surface area contributed by atoms with Crippen molar-refractivity contribution < 1.29 is 14.3 Å². The maximum atomic E-state index is 13.6.